The van der Waals surface area contributed by atoms with Gasteiger partial charge in [0.2, 0.25) is 0 Å². The van der Waals surface area contributed by atoms with E-state index in [1.54, 1.807) is 0 Å². The average molecular weight is 224 g/mol. The summed E-state index contributed by atoms with van der Waals surface area (Å²) in [6, 6.07) is 8.08. The summed E-state index contributed by atoms with van der Waals surface area (Å²) in [6.45, 7) is 3.77. The molecule has 1 fully saturated rings. The second-order valence-electron chi connectivity index (χ2n) is 3.56. The van der Waals surface area contributed by atoms with E-state index in [4.69, 9.17) is 10.5 Å². The van der Waals surface area contributed by atoms with Gasteiger partial charge in [0, 0.05) is 24.5 Å². The van der Waals surface area contributed by atoms with Gasteiger partial charge >= 0.3 is 0 Å². The molecule has 0 atom stereocenters. The van der Waals surface area contributed by atoms with Gasteiger partial charge in [0.15, 0.2) is 0 Å². The quantitative estimate of drug-likeness (QED) is 0.627. The van der Waals surface area contributed by atoms with E-state index in [1.807, 2.05) is 24.1 Å². The van der Waals surface area contributed by atoms with Crippen molar-refractivity contribution in [3.05, 3.63) is 29.8 Å². The number of nitrogens with zero attached hydrogens (tertiary/aromatic N) is 1. The molecule has 1 aliphatic rings. The van der Waals surface area contributed by atoms with Gasteiger partial charge in [-0.3, -0.25) is 0 Å². The number of ether oxygens (including phenoxy) is 1. The van der Waals surface area contributed by atoms with Crippen LogP contribution in [0.5, 0.6) is 0 Å². The summed E-state index contributed by atoms with van der Waals surface area (Å²) < 4.78 is 7.66. The smallest absolute Gasteiger partial charge is 0.0603 e. The zero-order chi connectivity index (χ0) is 10.5. The Labute approximate surface area is 94.7 Å². The van der Waals surface area contributed by atoms with E-state index in [0.717, 1.165) is 37.7 Å². The van der Waals surface area contributed by atoms with Crippen LogP contribution in [0.1, 0.15) is 5.56 Å². The average Bonchev–Trinajstić information content (AvgIpc) is 2.30. The van der Waals surface area contributed by atoms with Gasteiger partial charge in [-0.05, 0) is 17.7 Å². The maximum atomic E-state index is 5.63. The Kier molecular flexibility index (Phi) is 3.88. The molecule has 2 rings (SSSR count). The lowest BCUT2D eigenvalue weighted by atomic mass is 10.2. The molecule has 0 saturated carbocycles. The van der Waals surface area contributed by atoms with E-state index in [0.29, 0.717) is 0 Å². The molecule has 1 saturated heterocycles. The van der Waals surface area contributed by atoms with Gasteiger partial charge in [-0.25, -0.2) is 4.31 Å². The Morgan fingerprint density at radius 1 is 1.20 bits per heavy atom. The van der Waals surface area contributed by atoms with Crippen molar-refractivity contribution in [3.63, 3.8) is 0 Å². The van der Waals surface area contributed by atoms with E-state index < -0.39 is 0 Å². The zero-order valence-corrected chi connectivity index (χ0v) is 9.50. The molecule has 15 heavy (non-hydrogen) atoms. The number of rotatable bonds is 3. The molecule has 0 spiro atoms. The Bertz CT molecular complexity index is 296. The standard InChI is InChI=1S/C11H16N2OS/c12-11-3-1-10(2-4-11)9-15-13-5-7-14-8-6-13/h1-4H,5-9,12H2. The van der Waals surface area contributed by atoms with Crippen molar-refractivity contribution in [2.75, 3.05) is 32.0 Å². The number of anilines is 1. The summed E-state index contributed by atoms with van der Waals surface area (Å²) in [6.07, 6.45) is 0. The number of hydrogen-bond donors (Lipinski definition) is 1. The highest BCUT2D eigenvalue weighted by Gasteiger charge is 2.10. The summed E-state index contributed by atoms with van der Waals surface area (Å²) in [7, 11) is 0. The van der Waals surface area contributed by atoms with Crippen molar-refractivity contribution in [1.29, 1.82) is 0 Å². The minimum atomic E-state index is 0.829. The lowest BCUT2D eigenvalue weighted by molar-refractivity contribution is 0.0773. The molecule has 1 aromatic carbocycles. The summed E-state index contributed by atoms with van der Waals surface area (Å²) in [4.78, 5) is 0. The maximum Gasteiger partial charge on any atom is 0.0603 e. The normalized spacial score (nSPS) is 17.9. The van der Waals surface area contributed by atoms with Crippen LogP contribution in [0.25, 0.3) is 0 Å². The lowest BCUT2D eigenvalue weighted by Crippen LogP contribution is -2.31. The van der Waals surface area contributed by atoms with Crippen molar-refractivity contribution in [2.45, 2.75) is 5.75 Å². The van der Waals surface area contributed by atoms with Crippen molar-refractivity contribution in [3.8, 4) is 0 Å². The van der Waals surface area contributed by atoms with Crippen molar-refractivity contribution in [1.82, 2.24) is 4.31 Å². The largest absolute Gasteiger partial charge is 0.399 e. The molecule has 0 bridgehead atoms. The van der Waals surface area contributed by atoms with Gasteiger partial charge in [0.25, 0.3) is 0 Å². The Hall–Kier alpha value is -0.710. The zero-order valence-electron chi connectivity index (χ0n) is 8.69. The van der Waals surface area contributed by atoms with Crippen LogP contribution in [-0.4, -0.2) is 30.6 Å². The molecule has 0 aromatic heterocycles. The van der Waals surface area contributed by atoms with E-state index in [9.17, 15) is 0 Å². The van der Waals surface area contributed by atoms with Gasteiger partial charge < -0.3 is 10.5 Å². The summed E-state index contributed by atoms with van der Waals surface area (Å²) in [5.41, 5.74) is 7.78. The predicted molar refractivity (Wildman–Crippen MR) is 64.5 cm³/mol. The van der Waals surface area contributed by atoms with E-state index in [-0.39, 0.29) is 0 Å². The number of hydrogen-bond acceptors (Lipinski definition) is 4. The first-order valence-electron chi connectivity index (χ1n) is 5.14. The first-order chi connectivity index (χ1) is 7.34. The molecule has 1 aliphatic heterocycles. The summed E-state index contributed by atoms with van der Waals surface area (Å²) >= 11 is 1.87. The van der Waals surface area contributed by atoms with Crippen LogP contribution >= 0.6 is 11.9 Å². The Morgan fingerprint density at radius 3 is 2.53 bits per heavy atom. The van der Waals surface area contributed by atoms with Crippen molar-refractivity contribution >= 4 is 17.6 Å². The molecule has 4 heteroatoms. The van der Waals surface area contributed by atoms with Gasteiger partial charge in [-0.1, -0.05) is 24.1 Å². The van der Waals surface area contributed by atoms with Crippen LogP contribution in [-0.2, 0) is 10.5 Å². The summed E-state index contributed by atoms with van der Waals surface area (Å²) in [5, 5.41) is 0. The van der Waals surface area contributed by atoms with Crippen LogP contribution in [0.4, 0.5) is 5.69 Å². The number of benzene rings is 1. The fourth-order valence-electron chi connectivity index (χ4n) is 1.46. The lowest BCUT2D eigenvalue weighted by Gasteiger charge is -2.25. The molecular formula is C11H16N2OS. The second kappa shape index (κ2) is 5.39. The highest BCUT2D eigenvalue weighted by atomic mass is 32.2. The monoisotopic (exact) mass is 224 g/mol. The van der Waals surface area contributed by atoms with Gasteiger partial charge in [-0.15, -0.1) is 0 Å². The van der Waals surface area contributed by atoms with E-state index in [1.165, 1.54) is 5.56 Å². The van der Waals surface area contributed by atoms with Crippen molar-refractivity contribution in [2.24, 2.45) is 0 Å². The molecule has 0 amide bonds. The number of nitrogens with two attached hydrogens (primary N) is 1. The third-order valence-electron chi connectivity index (χ3n) is 2.36. The molecule has 0 radical (unpaired) electrons. The van der Waals surface area contributed by atoms with Crippen LogP contribution in [0.2, 0.25) is 0 Å². The minimum Gasteiger partial charge on any atom is -0.399 e. The molecule has 82 valence electrons. The molecular weight excluding hydrogens is 208 g/mol. The van der Waals surface area contributed by atoms with Gasteiger partial charge in [-0.2, -0.15) is 0 Å². The van der Waals surface area contributed by atoms with Gasteiger partial charge in [0.05, 0.1) is 13.2 Å². The first-order valence-corrected chi connectivity index (χ1v) is 6.09. The van der Waals surface area contributed by atoms with Crippen LogP contribution in [0, 0.1) is 0 Å². The highest BCUT2D eigenvalue weighted by molar-refractivity contribution is 7.96. The third kappa shape index (κ3) is 3.41. The van der Waals surface area contributed by atoms with Gasteiger partial charge in [0.1, 0.15) is 0 Å². The topological polar surface area (TPSA) is 38.5 Å². The molecule has 3 nitrogen and oxygen atoms in total. The Morgan fingerprint density at radius 2 is 1.87 bits per heavy atom. The number of morpholine rings is 1. The fraction of sp³-hybridized carbons (Fsp3) is 0.455. The Balaban J connectivity index is 1.79. The molecule has 0 aliphatic carbocycles. The van der Waals surface area contributed by atoms with Crippen LogP contribution in [0.3, 0.4) is 0 Å². The number of nitrogen functional groups attached to an aromatic ring is 1. The minimum absolute atomic E-state index is 0.829. The first kappa shape index (κ1) is 10.8. The molecule has 1 aromatic rings. The SMILES string of the molecule is Nc1ccc(CSN2CCOCC2)cc1. The van der Waals surface area contributed by atoms with Crippen LogP contribution < -0.4 is 5.73 Å². The van der Waals surface area contributed by atoms with Crippen LogP contribution in [0.15, 0.2) is 24.3 Å². The highest BCUT2D eigenvalue weighted by Crippen LogP contribution is 2.18. The molecule has 0 unspecified atom stereocenters. The fourth-order valence-corrected chi connectivity index (χ4v) is 2.39. The summed E-state index contributed by atoms with van der Waals surface area (Å²) in [5.74, 6) is 1.01. The van der Waals surface area contributed by atoms with Crippen molar-refractivity contribution < 1.29 is 4.74 Å². The maximum absolute atomic E-state index is 5.63. The second-order valence-corrected chi connectivity index (χ2v) is 4.62. The van der Waals surface area contributed by atoms with E-state index >= 15 is 0 Å². The van der Waals surface area contributed by atoms with E-state index in [2.05, 4.69) is 16.4 Å². The third-order valence-corrected chi connectivity index (χ3v) is 3.56. The molecule has 2 N–H and O–H groups in total. The predicted octanol–water partition coefficient (Wildman–Crippen LogP) is 1.75. The molecule has 1 heterocycles.